The minimum absolute atomic E-state index is 0.246. The van der Waals surface area contributed by atoms with E-state index in [9.17, 15) is 0 Å². The van der Waals surface area contributed by atoms with Crippen LogP contribution in [0, 0.1) is 16.7 Å². The first kappa shape index (κ1) is 9.20. The SMILES string of the molecule is N#CC1(Cc2ccc(Br)s2)COC1. The van der Waals surface area contributed by atoms with Gasteiger partial charge in [0.2, 0.25) is 0 Å². The molecule has 0 aliphatic carbocycles. The molecule has 2 heterocycles. The molecule has 1 fully saturated rings. The topological polar surface area (TPSA) is 33.0 Å². The van der Waals surface area contributed by atoms with Gasteiger partial charge in [0.15, 0.2) is 0 Å². The summed E-state index contributed by atoms with van der Waals surface area (Å²) in [7, 11) is 0. The molecule has 1 saturated heterocycles. The molecule has 0 bridgehead atoms. The Kier molecular flexibility index (Phi) is 2.41. The van der Waals surface area contributed by atoms with Crippen LogP contribution in [-0.2, 0) is 11.2 Å². The van der Waals surface area contributed by atoms with Crippen molar-refractivity contribution in [3.8, 4) is 6.07 Å². The van der Waals surface area contributed by atoms with Crippen LogP contribution in [-0.4, -0.2) is 13.2 Å². The van der Waals surface area contributed by atoms with E-state index in [1.807, 2.05) is 6.07 Å². The van der Waals surface area contributed by atoms with Gasteiger partial charge in [-0.25, -0.2) is 0 Å². The van der Waals surface area contributed by atoms with E-state index in [-0.39, 0.29) is 5.41 Å². The van der Waals surface area contributed by atoms with Gasteiger partial charge in [-0.15, -0.1) is 11.3 Å². The molecule has 1 aliphatic rings. The van der Waals surface area contributed by atoms with Crippen molar-refractivity contribution in [2.75, 3.05) is 13.2 Å². The molecule has 13 heavy (non-hydrogen) atoms. The third-order valence-electron chi connectivity index (χ3n) is 2.14. The number of rotatable bonds is 2. The second-order valence-electron chi connectivity index (χ2n) is 3.27. The number of thiophene rings is 1. The van der Waals surface area contributed by atoms with Crippen molar-refractivity contribution in [1.29, 1.82) is 5.26 Å². The largest absolute Gasteiger partial charge is 0.378 e. The van der Waals surface area contributed by atoms with Gasteiger partial charge in [-0.05, 0) is 28.1 Å². The van der Waals surface area contributed by atoms with Crippen molar-refractivity contribution >= 4 is 27.3 Å². The number of hydrogen-bond donors (Lipinski definition) is 0. The fourth-order valence-electron chi connectivity index (χ4n) is 1.33. The van der Waals surface area contributed by atoms with Gasteiger partial charge in [-0.3, -0.25) is 0 Å². The van der Waals surface area contributed by atoms with Crippen molar-refractivity contribution in [2.24, 2.45) is 5.41 Å². The zero-order valence-electron chi connectivity index (χ0n) is 6.92. The van der Waals surface area contributed by atoms with Crippen molar-refractivity contribution in [1.82, 2.24) is 0 Å². The van der Waals surface area contributed by atoms with E-state index in [4.69, 9.17) is 10.00 Å². The number of ether oxygens (including phenoxy) is 1. The number of hydrogen-bond acceptors (Lipinski definition) is 3. The second-order valence-corrected chi connectivity index (χ2v) is 5.82. The smallest absolute Gasteiger partial charge is 0.109 e. The monoisotopic (exact) mass is 257 g/mol. The predicted molar refractivity (Wildman–Crippen MR) is 54.6 cm³/mol. The number of halogens is 1. The lowest BCUT2D eigenvalue weighted by Gasteiger charge is -2.34. The molecule has 1 aromatic heterocycles. The van der Waals surface area contributed by atoms with E-state index >= 15 is 0 Å². The summed E-state index contributed by atoms with van der Waals surface area (Å²) in [4.78, 5) is 1.25. The highest BCUT2D eigenvalue weighted by atomic mass is 79.9. The molecule has 0 N–H and O–H groups in total. The number of nitriles is 1. The Morgan fingerprint density at radius 1 is 1.62 bits per heavy atom. The van der Waals surface area contributed by atoms with E-state index in [1.165, 1.54) is 4.88 Å². The summed E-state index contributed by atoms with van der Waals surface area (Å²) in [5, 5.41) is 8.97. The van der Waals surface area contributed by atoms with Crippen LogP contribution in [0.4, 0.5) is 0 Å². The molecule has 0 saturated carbocycles. The van der Waals surface area contributed by atoms with E-state index in [1.54, 1.807) is 11.3 Å². The summed E-state index contributed by atoms with van der Waals surface area (Å²) in [6.45, 7) is 1.16. The first-order valence-electron chi connectivity index (χ1n) is 3.97. The summed E-state index contributed by atoms with van der Waals surface area (Å²) in [5.74, 6) is 0. The molecule has 0 amide bonds. The Morgan fingerprint density at radius 3 is 2.77 bits per heavy atom. The molecule has 1 aromatic rings. The van der Waals surface area contributed by atoms with Gasteiger partial charge in [-0.2, -0.15) is 5.26 Å². The van der Waals surface area contributed by atoms with Gasteiger partial charge in [0.1, 0.15) is 5.41 Å². The van der Waals surface area contributed by atoms with Crippen LogP contribution in [0.2, 0.25) is 0 Å². The van der Waals surface area contributed by atoms with Gasteiger partial charge in [0.05, 0.1) is 23.1 Å². The molecule has 2 rings (SSSR count). The Bertz CT molecular complexity index is 351. The zero-order chi connectivity index (χ0) is 9.31. The van der Waals surface area contributed by atoms with Crippen LogP contribution in [0.25, 0.3) is 0 Å². The maximum atomic E-state index is 8.97. The molecule has 0 spiro atoms. The molecule has 0 radical (unpaired) electrons. The van der Waals surface area contributed by atoms with Gasteiger partial charge in [0.25, 0.3) is 0 Å². The normalized spacial score (nSPS) is 19.1. The van der Waals surface area contributed by atoms with E-state index in [0.29, 0.717) is 13.2 Å². The zero-order valence-corrected chi connectivity index (χ0v) is 9.32. The first-order chi connectivity index (χ1) is 6.24. The summed E-state index contributed by atoms with van der Waals surface area (Å²) >= 11 is 5.10. The molecule has 0 unspecified atom stereocenters. The van der Waals surface area contributed by atoms with Crippen LogP contribution in [0.15, 0.2) is 15.9 Å². The van der Waals surface area contributed by atoms with Crippen molar-refractivity contribution in [2.45, 2.75) is 6.42 Å². The average Bonchev–Trinajstić information content (AvgIpc) is 2.44. The van der Waals surface area contributed by atoms with Crippen molar-refractivity contribution in [3.05, 3.63) is 20.8 Å². The lowest BCUT2D eigenvalue weighted by Crippen LogP contribution is -2.42. The van der Waals surface area contributed by atoms with Crippen molar-refractivity contribution in [3.63, 3.8) is 0 Å². The van der Waals surface area contributed by atoms with Gasteiger partial charge >= 0.3 is 0 Å². The molecule has 1 aliphatic heterocycles. The Morgan fingerprint density at radius 2 is 2.38 bits per heavy atom. The molecule has 0 aromatic carbocycles. The lowest BCUT2D eigenvalue weighted by atomic mass is 9.84. The highest BCUT2D eigenvalue weighted by molar-refractivity contribution is 9.11. The fourth-order valence-corrected chi connectivity index (χ4v) is 2.96. The molecule has 68 valence electrons. The van der Waals surface area contributed by atoms with Gasteiger partial charge < -0.3 is 4.74 Å². The summed E-state index contributed by atoms with van der Waals surface area (Å²) < 4.78 is 6.20. The standard InChI is InChI=1S/C9H8BrNOS/c10-8-2-1-7(13-8)3-9(4-11)5-12-6-9/h1-2H,3,5-6H2. The average molecular weight is 258 g/mol. The summed E-state index contributed by atoms with van der Waals surface area (Å²) in [6.07, 6.45) is 0.819. The molecular formula is C9H8BrNOS. The van der Waals surface area contributed by atoms with Gasteiger partial charge in [-0.1, -0.05) is 0 Å². The first-order valence-corrected chi connectivity index (χ1v) is 5.58. The summed E-state index contributed by atoms with van der Waals surface area (Å²) in [6, 6.07) is 6.42. The molecule has 0 atom stereocenters. The van der Waals surface area contributed by atoms with E-state index in [2.05, 4.69) is 28.1 Å². The van der Waals surface area contributed by atoms with Crippen LogP contribution in [0.3, 0.4) is 0 Å². The van der Waals surface area contributed by atoms with Crippen LogP contribution in [0.5, 0.6) is 0 Å². The Labute approximate surface area is 89.3 Å². The minimum Gasteiger partial charge on any atom is -0.378 e. The maximum absolute atomic E-state index is 8.97. The third kappa shape index (κ3) is 1.78. The lowest BCUT2D eigenvalue weighted by molar-refractivity contribution is -0.0761. The molecule has 4 heteroatoms. The molecule has 2 nitrogen and oxygen atoms in total. The second kappa shape index (κ2) is 3.41. The summed E-state index contributed by atoms with van der Waals surface area (Å²) in [5.41, 5.74) is -0.246. The quantitative estimate of drug-likeness (QED) is 0.816. The Balaban J connectivity index is 2.09. The van der Waals surface area contributed by atoms with E-state index < -0.39 is 0 Å². The fraction of sp³-hybridized carbons (Fsp3) is 0.444. The van der Waals surface area contributed by atoms with Crippen LogP contribution >= 0.6 is 27.3 Å². The van der Waals surface area contributed by atoms with E-state index in [0.717, 1.165) is 10.2 Å². The highest BCUT2D eigenvalue weighted by Crippen LogP contribution is 2.34. The van der Waals surface area contributed by atoms with Crippen LogP contribution in [0.1, 0.15) is 4.88 Å². The Hall–Kier alpha value is -0.370. The number of nitrogens with zero attached hydrogens (tertiary/aromatic N) is 1. The molecular weight excluding hydrogens is 250 g/mol. The maximum Gasteiger partial charge on any atom is 0.109 e. The minimum atomic E-state index is -0.246. The van der Waals surface area contributed by atoms with Crippen molar-refractivity contribution < 1.29 is 4.74 Å². The predicted octanol–water partition coefficient (Wildman–Crippen LogP) is 2.59. The van der Waals surface area contributed by atoms with Gasteiger partial charge in [0, 0.05) is 11.3 Å². The third-order valence-corrected chi connectivity index (χ3v) is 3.76. The van der Waals surface area contributed by atoms with Crippen LogP contribution < -0.4 is 0 Å². The highest BCUT2D eigenvalue weighted by Gasteiger charge is 2.39.